The van der Waals surface area contributed by atoms with Crippen molar-refractivity contribution in [3.8, 4) is 0 Å². The molecule has 1 fully saturated rings. The number of nitrogens with two attached hydrogens (primary N) is 1. The van der Waals surface area contributed by atoms with Crippen molar-refractivity contribution in [2.24, 2.45) is 0 Å². The summed E-state index contributed by atoms with van der Waals surface area (Å²) in [7, 11) is 2.14. The second-order valence-electron chi connectivity index (χ2n) is 4.93. The lowest BCUT2D eigenvalue weighted by atomic mass is 10.1. The van der Waals surface area contributed by atoms with Gasteiger partial charge in [-0.15, -0.1) is 0 Å². The minimum absolute atomic E-state index is 0.610. The molecule has 1 aliphatic rings. The molecule has 0 saturated heterocycles. The van der Waals surface area contributed by atoms with E-state index in [-0.39, 0.29) is 0 Å². The lowest BCUT2D eigenvalue weighted by Crippen LogP contribution is -2.31. The molecule has 0 radical (unpaired) electrons. The Labute approximate surface area is 109 Å². The molecule has 1 aromatic carbocycles. The van der Waals surface area contributed by atoms with E-state index in [0.29, 0.717) is 16.8 Å². The summed E-state index contributed by atoms with van der Waals surface area (Å²) in [4.78, 5) is 2.31. The third kappa shape index (κ3) is 2.86. The van der Waals surface area contributed by atoms with Crippen molar-refractivity contribution in [1.29, 1.82) is 0 Å². The molecule has 2 rings (SSSR count). The van der Waals surface area contributed by atoms with Crippen LogP contribution in [0.4, 0.5) is 11.4 Å². The van der Waals surface area contributed by atoms with Gasteiger partial charge >= 0.3 is 0 Å². The Morgan fingerprint density at radius 3 is 2.47 bits per heavy atom. The van der Waals surface area contributed by atoms with Crippen molar-refractivity contribution < 1.29 is 0 Å². The van der Waals surface area contributed by atoms with E-state index < -0.39 is 0 Å². The summed E-state index contributed by atoms with van der Waals surface area (Å²) >= 11 is 6.08. The van der Waals surface area contributed by atoms with Crippen LogP contribution in [-0.4, -0.2) is 13.1 Å². The summed E-state index contributed by atoms with van der Waals surface area (Å²) in [6.07, 6.45) is 7.93. The molecule has 3 heteroatoms. The molecule has 2 nitrogen and oxygen atoms in total. The molecule has 2 N–H and O–H groups in total. The maximum absolute atomic E-state index is 6.08. The van der Waals surface area contributed by atoms with Crippen LogP contribution in [0.25, 0.3) is 0 Å². The largest absolute Gasteiger partial charge is 0.396 e. The van der Waals surface area contributed by atoms with Crippen LogP contribution in [0, 0.1) is 0 Å². The minimum Gasteiger partial charge on any atom is -0.396 e. The van der Waals surface area contributed by atoms with Crippen LogP contribution in [-0.2, 0) is 0 Å². The van der Waals surface area contributed by atoms with Crippen molar-refractivity contribution >= 4 is 23.0 Å². The number of anilines is 2. The van der Waals surface area contributed by atoms with Gasteiger partial charge in [0.05, 0.1) is 16.4 Å². The maximum Gasteiger partial charge on any atom is 0.0741 e. The number of para-hydroxylation sites is 1. The molecular weight excluding hydrogens is 232 g/mol. The lowest BCUT2D eigenvalue weighted by Gasteiger charge is -2.30. The van der Waals surface area contributed by atoms with E-state index in [4.69, 9.17) is 17.3 Å². The summed E-state index contributed by atoms with van der Waals surface area (Å²) in [5.74, 6) is 0. The Bertz CT molecular complexity index is 370. The zero-order valence-electron chi connectivity index (χ0n) is 10.5. The molecule has 0 aliphatic heterocycles. The number of nitrogen functional groups attached to an aromatic ring is 1. The molecule has 0 amide bonds. The predicted molar refractivity (Wildman–Crippen MR) is 75.8 cm³/mol. The molecule has 0 spiro atoms. The van der Waals surface area contributed by atoms with Gasteiger partial charge < -0.3 is 10.6 Å². The average molecular weight is 253 g/mol. The number of halogens is 1. The third-order valence-electron chi connectivity index (χ3n) is 3.78. The van der Waals surface area contributed by atoms with Crippen molar-refractivity contribution in [2.75, 3.05) is 17.7 Å². The van der Waals surface area contributed by atoms with E-state index in [9.17, 15) is 0 Å². The quantitative estimate of drug-likeness (QED) is 0.635. The monoisotopic (exact) mass is 252 g/mol. The molecule has 0 heterocycles. The fourth-order valence-corrected chi connectivity index (χ4v) is 2.84. The first kappa shape index (κ1) is 12.6. The topological polar surface area (TPSA) is 29.3 Å². The molecule has 0 unspecified atom stereocenters. The highest BCUT2D eigenvalue weighted by atomic mass is 35.5. The minimum atomic E-state index is 0.610. The van der Waals surface area contributed by atoms with Crippen LogP contribution in [0.3, 0.4) is 0 Å². The summed E-state index contributed by atoms with van der Waals surface area (Å²) in [6.45, 7) is 0. The molecule has 1 saturated carbocycles. The van der Waals surface area contributed by atoms with Crippen molar-refractivity contribution in [2.45, 2.75) is 44.6 Å². The van der Waals surface area contributed by atoms with Gasteiger partial charge in [0.1, 0.15) is 0 Å². The van der Waals surface area contributed by atoms with Gasteiger partial charge in [-0.1, -0.05) is 43.4 Å². The fraction of sp³-hybridized carbons (Fsp3) is 0.571. The molecule has 1 aromatic rings. The summed E-state index contributed by atoms with van der Waals surface area (Å²) < 4.78 is 0. The lowest BCUT2D eigenvalue weighted by molar-refractivity contribution is 0.553. The maximum atomic E-state index is 6.08. The van der Waals surface area contributed by atoms with Gasteiger partial charge in [-0.25, -0.2) is 0 Å². The van der Waals surface area contributed by atoms with Crippen LogP contribution in [0.2, 0.25) is 5.02 Å². The standard InChI is InChI=1S/C14H21ClN2/c1-17(11-7-4-2-3-5-8-11)13-10-6-9-12(15)14(13)16/h6,9-11H,2-5,7-8,16H2,1H3. The highest BCUT2D eigenvalue weighted by Gasteiger charge is 2.19. The average Bonchev–Trinajstić information content (AvgIpc) is 2.60. The van der Waals surface area contributed by atoms with Crippen LogP contribution in [0.1, 0.15) is 38.5 Å². The van der Waals surface area contributed by atoms with E-state index >= 15 is 0 Å². The zero-order valence-corrected chi connectivity index (χ0v) is 11.2. The number of hydrogen-bond donors (Lipinski definition) is 1. The zero-order chi connectivity index (χ0) is 12.3. The van der Waals surface area contributed by atoms with Crippen LogP contribution in [0.15, 0.2) is 18.2 Å². The van der Waals surface area contributed by atoms with Gasteiger partial charge in [-0.2, -0.15) is 0 Å². The third-order valence-corrected chi connectivity index (χ3v) is 4.11. The first-order valence-electron chi connectivity index (χ1n) is 6.47. The number of nitrogens with zero attached hydrogens (tertiary/aromatic N) is 1. The normalized spacial score (nSPS) is 17.8. The van der Waals surface area contributed by atoms with Crippen LogP contribution < -0.4 is 10.6 Å². The van der Waals surface area contributed by atoms with Gasteiger partial charge in [0.15, 0.2) is 0 Å². The molecule has 94 valence electrons. The van der Waals surface area contributed by atoms with Gasteiger partial charge in [0.25, 0.3) is 0 Å². The fourth-order valence-electron chi connectivity index (χ4n) is 2.68. The van der Waals surface area contributed by atoms with Crippen LogP contribution in [0.5, 0.6) is 0 Å². The SMILES string of the molecule is CN(c1cccc(Cl)c1N)C1CCCCCC1. The number of hydrogen-bond acceptors (Lipinski definition) is 2. The first-order valence-corrected chi connectivity index (χ1v) is 6.85. The van der Waals surface area contributed by atoms with Crippen molar-refractivity contribution in [1.82, 2.24) is 0 Å². The second-order valence-corrected chi connectivity index (χ2v) is 5.34. The smallest absolute Gasteiger partial charge is 0.0741 e. The van der Waals surface area contributed by atoms with E-state index in [2.05, 4.69) is 18.0 Å². The number of benzene rings is 1. The summed E-state index contributed by atoms with van der Waals surface area (Å²) in [5, 5.41) is 0.656. The van der Waals surface area contributed by atoms with E-state index in [1.165, 1.54) is 38.5 Å². The Morgan fingerprint density at radius 2 is 1.82 bits per heavy atom. The number of rotatable bonds is 2. The van der Waals surface area contributed by atoms with E-state index in [1.54, 1.807) is 0 Å². The van der Waals surface area contributed by atoms with E-state index in [0.717, 1.165) is 5.69 Å². The van der Waals surface area contributed by atoms with Crippen molar-refractivity contribution in [3.05, 3.63) is 23.2 Å². The molecule has 0 aromatic heterocycles. The highest BCUT2D eigenvalue weighted by Crippen LogP contribution is 2.33. The van der Waals surface area contributed by atoms with Gasteiger partial charge in [-0.05, 0) is 25.0 Å². The van der Waals surface area contributed by atoms with E-state index in [1.807, 2.05) is 12.1 Å². The first-order chi connectivity index (χ1) is 8.20. The van der Waals surface area contributed by atoms with Gasteiger partial charge in [0, 0.05) is 13.1 Å². The van der Waals surface area contributed by atoms with Gasteiger partial charge in [-0.3, -0.25) is 0 Å². The molecular formula is C14H21ClN2. The Kier molecular flexibility index (Phi) is 4.16. The molecule has 0 bridgehead atoms. The highest BCUT2D eigenvalue weighted by molar-refractivity contribution is 6.33. The summed E-state index contributed by atoms with van der Waals surface area (Å²) in [5.41, 5.74) is 7.84. The predicted octanol–water partition coefficient (Wildman–Crippen LogP) is 4.08. The Hall–Kier alpha value is -0.890. The molecule has 1 aliphatic carbocycles. The Morgan fingerprint density at radius 1 is 1.18 bits per heavy atom. The second kappa shape index (κ2) is 5.63. The molecule has 0 atom stereocenters. The van der Waals surface area contributed by atoms with Crippen molar-refractivity contribution in [3.63, 3.8) is 0 Å². The van der Waals surface area contributed by atoms with Crippen LogP contribution >= 0.6 is 11.6 Å². The summed E-state index contributed by atoms with van der Waals surface area (Å²) in [6, 6.07) is 6.49. The van der Waals surface area contributed by atoms with Gasteiger partial charge in [0.2, 0.25) is 0 Å². The molecule has 17 heavy (non-hydrogen) atoms. The Balaban J connectivity index is 2.17.